The van der Waals surface area contributed by atoms with E-state index in [9.17, 15) is 4.79 Å². The molecule has 27 heavy (non-hydrogen) atoms. The summed E-state index contributed by atoms with van der Waals surface area (Å²) >= 11 is 3.45. The Morgan fingerprint density at radius 1 is 1.15 bits per heavy atom. The van der Waals surface area contributed by atoms with E-state index in [0.29, 0.717) is 24.3 Å². The number of nitriles is 2. The second kappa shape index (κ2) is 10.2. The standard InChI is InChI=1S/C21H17BrN2O3/c1-15-4-9-20(19(22)11-15)26-10-2-3-21(25)27-18-7-5-16(6-8-18)12-17(13-23)14-24/h4-9,11-12H,2-3,10H2,1H3. The molecule has 2 aromatic carbocycles. The molecule has 0 N–H and O–H groups in total. The van der Waals surface area contributed by atoms with Crippen LogP contribution in [0.1, 0.15) is 24.0 Å². The van der Waals surface area contributed by atoms with Crippen molar-refractivity contribution in [3.63, 3.8) is 0 Å². The maximum atomic E-state index is 11.9. The van der Waals surface area contributed by atoms with Crippen LogP contribution in [0.2, 0.25) is 0 Å². The number of halogens is 1. The van der Waals surface area contributed by atoms with Gasteiger partial charge in [0.1, 0.15) is 29.2 Å². The zero-order valence-electron chi connectivity index (χ0n) is 14.7. The van der Waals surface area contributed by atoms with E-state index in [2.05, 4.69) is 15.9 Å². The molecule has 136 valence electrons. The third-order valence-corrected chi connectivity index (χ3v) is 4.15. The van der Waals surface area contributed by atoms with E-state index in [4.69, 9.17) is 20.0 Å². The van der Waals surface area contributed by atoms with Gasteiger partial charge in [-0.1, -0.05) is 18.2 Å². The summed E-state index contributed by atoms with van der Waals surface area (Å²) in [5, 5.41) is 17.5. The van der Waals surface area contributed by atoms with E-state index >= 15 is 0 Å². The van der Waals surface area contributed by atoms with Crippen LogP contribution >= 0.6 is 15.9 Å². The van der Waals surface area contributed by atoms with E-state index in [0.717, 1.165) is 15.8 Å². The summed E-state index contributed by atoms with van der Waals surface area (Å²) in [6.07, 6.45) is 2.23. The second-order valence-electron chi connectivity index (χ2n) is 5.71. The number of allylic oxidation sites excluding steroid dienone is 1. The van der Waals surface area contributed by atoms with Crippen LogP contribution in [-0.2, 0) is 4.79 Å². The Bertz CT molecular complexity index is 906. The molecule has 0 aliphatic heterocycles. The van der Waals surface area contributed by atoms with E-state index < -0.39 is 0 Å². The Hall–Kier alpha value is -3.09. The van der Waals surface area contributed by atoms with Crippen molar-refractivity contribution < 1.29 is 14.3 Å². The maximum Gasteiger partial charge on any atom is 0.311 e. The zero-order valence-corrected chi connectivity index (χ0v) is 16.3. The minimum Gasteiger partial charge on any atom is -0.492 e. The summed E-state index contributed by atoms with van der Waals surface area (Å²) in [5.74, 6) is 0.807. The molecule has 0 aliphatic carbocycles. The first kappa shape index (κ1) is 20.2. The minimum absolute atomic E-state index is 0.0139. The zero-order chi connectivity index (χ0) is 19.6. The van der Waals surface area contributed by atoms with Gasteiger partial charge in [-0.3, -0.25) is 4.79 Å². The lowest BCUT2D eigenvalue weighted by molar-refractivity contribution is -0.134. The summed E-state index contributed by atoms with van der Waals surface area (Å²) in [7, 11) is 0. The van der Waals surface area contributed by atoms with E-state index in [1.807, 2.05) is 25.1 Å². The molecular weight excluding hydrogens is 408 g/mol. The molecule has 0 radical (unpaired) electrons. The molecule has 0 saturated carbocycles. The molecule has 0 spiro atoms. The predicted molar refractivity (Wildman–Crippen MR) is 105 cm³/mol. The molecule has 0 aliphatic rings. The van der Waals surface area contributed by atoms with Crippen LogP contribution in [0.5, 0.6) is 11.5 Å². The molecule has 0 bridgehead atoms. The van der Waals surface area contributed by atoms with Crippen LogP contribution < -0.4 is 9.47 Å². The number of carbonyl (C=O) groups is 1. The van der Waals surface area contributed by atoms with Crippen molar-refractivity contribution in [2.45, 2.75) is 19.8 Å². The molecular formula is C21H17BrN2O3. The highest BCUT2D eigenvalue weighted by Gasteiger charge is 2.06. The quantitative estimate of drug-likeness (QED) is 0.271. The Balaban J connectivity index is 1.78. The third-order valence-electron chi connectivity index (χ3n) is 3.53. The van der Waals surface area contributed by atoms with Crippen molar-refractivity contribution in [2.75, 3.05) is 6.61 Å². The van der Waals surface area contributed by atoms with Gasteiger partial charge in [0.15, 0.2) is 0 Å². The predicted octanol–water partition coefficient (Wildman–Crippen LogP) is 4.95. The summed E-state index contributed by atoms with van der Waals surface area (Å²) in [4.78, 5) is 11.9. The second-order valence-corrected chi connectivity index (χ2v) is 6.56. The number of rotatable bonds is 7. The van der Waals surface area contributed by atoms with Gasteiger partial charge in [0.2, 0.25) is 0 Å². The SMILES string of the molecule is Cc1ccc(OCCCC(=O)Oc2ccc(C=C(C#N)C#N)cc2)c(Br)c1. The summed E-state index contributed by atoms with van der Waals surface area (Å²) in [5.41, 5.74) is 1.83. The van der Waals surface area contributed by atoms with Crippen LogP contribution in [0.15, 0.2) is 52.5 Å². The van der Waals surface area contributed by atoms with Crippen LogP contribution in [0.3, 0.4) is 0 Å². The van der Waals surface area contributed by atoms with Crippen LogP contribution in [-0.4, -0.2) is 12.6 Å². The minimum atomic E-state index is -0.348. The van der Waals surface area contributed by atoms with Crippen molar-refractivity contribution >= 4 is 28.0 Å². The molecule has 6 heteroatoms. The molecule has 0 amide bonds. The Kier molecular flexibility index (Phi) is 7.61. The highest BCUT2D eigenvalue weighted by atomic mass is 79.9. The lowest BCUT2D eigenvalue weighted by Crippen LogP contribution is -2.10. The van der Waals surface area contributed by atoms with Gasteiger partial charge in [0.25, 0.3) is 0 Å². The van der Waals surface area contributed by atoms with Crippen molar-refractivity contribution in [1.82, 2.24) is 0 Å². The summed E-state index contributed by atoms with van der Waals surface area (Å²) < 4.78 is 11.8. The van der Waals surface area contributed by atoms with Crippen LogP contribution in [0.4, 0.5) is 0 Å². The monoisotopic (exact) mass is 424 g/mol. The van der Waals surface area contributed by atoms with E-state index in [1.165, 1.54) is 6.08 Å². The fourth-order valence-corrected chi connectivity index (χ4v) is 2.80. The van der Waals surface area contributed by atoms with E-state index in [-0.39, 0.29) is 18.0 Å². The van der Waals surface area contributed by atoms with Gasteiger partial charge < -0.3 is 9.47 Å². The molecule has 2 aromatic rings. The van der Waals surface area contributed by atoms with E-state index in [1.54, 1.807) is 36.4 Å². The number of carbonyl (C=O) groups excluding carboxylic acids is 1. The third kappa shape index (κ3) is 6.62. The van der Waals surface area contributed by atoms with Gasteiger partial charge in [-0.25, -0.2) is 0 Å². The first-order valence-corrected chi connectivity index (χ1v) is 9.02. The van der Waals surface area contributed by atoms with Crippen molar-refractivity contribution in [1.29, 1.82) is 10.5 Å². The van der Waals surface area contributed by atoms with Crippen LogP contribution in [0, 0.1) is 29.6 Å². The molecule has 5 nitrogen and oxygen atoms in total. The molecule has 0 atom stereocenters. The molecule has 0 unspecified atom stereocenters. The number of ether oxygens (including phenoxy) is 2. The van der Waals surface area contributed by atoms with Gasteiger partial charge in [0, 0.05) is 6.42 Å². The summed E-state index contributed by atoms with van der Waals surface area (Å²) in [6.45, 7) is 2.41. The smallest absolute Gasteiger partial charge is 0.311 e. The Morgan fingerprint density at radius 2 is 1.85 bits per heavy atom. The average Bonchev–Trinajstić information content (AvgIpc) is 2.66. The number of hydrogen-bond acceptors (Lipinski definition) is 5. The fourth-order valence-electron chi connectivity index (χ4n) is 2.19. The van der Waals surface area contributed by atoms with Crippen molar-refractivity contribution in [2.24, 2.45) is 0 Å². The lowest BCUT2D eigenvalue weighted by Gasteiger charge is -2.09. The van der Waals surface area contributed by atoms with Crippen molar-refractivity contribution in [3.8, 4) is 23.6 Å². The van der Waals surface area contributed by atoms with Gasteiger partial charge in [-0.2, -0.15) is 10.5 Å². The van der Waals surface area contributed by atoms with Crippen molar-refractivity contribution in [3.05, 3.63) is 63.6 Å². The highest BCUT2D eigenvalue weighted by molar-refractivity contribution is 9.10. The maximum absolute atomic E-state index is 11.9. The first-order valence-electron chi connectivity index (χ1n) is 8.23. The average molecular weight is 425 g/mol. The van der Waals surface area contributed by atoms with Gasteiger partial charge >= 0.3 is 5.97 Å². The molecule has 0 fully saturated rings. The van der Waals surface area contributed by atoms with Gasteiger partial charge in [-0.15, -0.1) is 0 Å². The normalized spacial score (nSPS) is 9.63. The number of nitrogens with zero attached hydrogens (tertiary/aromatic N) is 2. The lowest BCUT2D eigenvalue weighted by atomic mass is 10.1. The van der Waals surface area contributed by atoms with Gasteiger partial charge in [0.05, 0.1) is 11.1 Å². The Morgan fingerprint density at radius 3 is 2.48 bits per heavy atom. The first-order chi connectivity index (χ1) is 13.0. The van der Waals surface area contributed by atoms with Gasteiger partial charge in [-0.05, 0) is 70.7 Å². The molecule has 2 rings (SSSR count). The largest absolute Gasteiger partial charge is 0.492 e. The number of aryl methyl sites for hydroxylation is 1. The molecule has 0 saturated heterocycles. The Labute approximate surface area is 166 Å². The van der Waals surface area contributed by atoms with Crippen LogP contribution in [0.25, 0.3) is 6.08 Å². The molecule has 0 aromatic heterocycles. The number of benzene rings is 2. The topological polar surface area (TPSA) is 83.1 Å². The molecule has 0 heterocycles. The summed E-state index contributed by atoms with van der Waals surface area (Å²) in [6, 6.07) is 16.0. The number of hydrogen-bond donors (Lipinski definition) is 0. The fraction of sp³-hybridized carbons (Fsp3) is 0.190. The highest BCUT2D eigenvalue weighted by Crippen LogP contribution is 2.25. The number of esters is 1.